The van der Waals surface area contributed by atoms with Crippen LogP contribution in [0.15, 0.2) is 11.8 Å². The van der Waals surface area contributed by atoms with Gasteiger partial charge in [0.15, 0.2) is 0 Å². The van der Waals surface area contributed by atoms with Crippen molar-refractivity contribution in [1.82, 2.24) is 16.1 Å². The fourth-order valence-corrected chi connectivity index (χ4v) is 1.14. The summed E-state index contributed by atoms with van der Waals surface area (Å²) in [6, 6.07) is 0. The van der Waals surface area contributed by atoms with Gasteiger partial charge in [-0.05, 0) is 6.42 Å². The molecule has 0 saturated carbocycles. The number of hydrogen-bond acceptors (Lipinski definition) is 6. The minimum Gasteiger partial charge on any atom is -0.396 e. The third-order valence-electron chi connectivity index (χ3n) is 2.01. The molecular weight excluding hydrogens is 214 g/mol. The van der Waals surface area contributed by atoms with E-state index >= 15 is 0 Å². The number of nitrogens with one attached hydrogen (secondary N) is 3. The molecule has 0 fully saturated rings. The molecule has 5 N–H and O–H groups in total. The Bertz CT molecular complexity index is 257. The lowest BCUT2D eigenvalue weighted by molar-refractivity contribution is -0.132. The standard InChI is InChI=1S/C9H17N3O4/c13-2-1-8(14)5-16-12-9(15)7-3-10-6-11-4-7/h3,8,10-11,13-14H,1-2,4-6H2,(H,12,15)/t8-/m1/s1. The minimum absolute atomic E-state index is 0.0412. The fourth-order valence-electron chi connectivity index (χ4n) is 1.14. The maximum atomic E-state index is 11.4. The molecule has 0 radical (unpaired) electrons. The Labute approximate surface area is 93.4 Å². The molecule has 0 spiro atoms. The molecule has 7 nitrogen and oxygen atoms in total. The van der Waals surface area contributed by atoms with E-state index in [-0.39, 0.29) is 25.5 Å². The highest BCUT2D eigenvalue weighted by Gasteiger charge is 2.12. The molecule has 1 heterocycles. The molecule has 1 aliphatic heterocycles. The predicted molar refractivity (Wildman–Crippen MR) is 55.9 cm³/mol. The van der Waals surface area contributed by atoms with Crippen molar-refractivity contribution in [3.05, 3.63) is 11.8 Å². The molecule has 0 bridgehead atoms. The van der Waals surface area contributed by atoms with Crippen LogP contribution in [0.3, 0.4) is 0 Å². The van der Waals surface area contributed by atoms with Crippen LogP contribution in [0.2, 0.25) is 0 Å². The summed E-state index contributed by atoms with van der Waals surface area (Å²) in [5.74, 6) is -0.351. The summed E-state index contributed by atoms with van der Waals surface area (Å²) in [6.45, 7) is 0.951. The highest BCUT2D eigenvalue weighted by molar-refractivity contribution is 5.93. The molecular formula is C9H17N3O4. The number of carbonyl (C=O) groups is 1. The molecule has 1 amide bonds. The summed E-state index contributed by atoms with van der Waals surface area (Å²) in [7, 11) is 0. The van der Waals surface area contributed by atoms with E-state index in [0.29, 0.717) is 18.8 Å². The molecule has 0 unspecified atom stereocenters. The van der Waals surface area contributed by atoms with Crippen LogP contribution >= 0.6 is 0 Å². The summed E-state index contributed by atoms with van der Waals surface area (Å²) >= 11 is 0. The summed E-state index contributed by atoms with van der Waals surface area (Å²) in [6.07, 6.45) is 1.06. The SMILES string of the molecule is O=C(NOC[C@H](O)CCO)C1=CNCNC1. The van der Waals surface area contributed by atoms with Crippen LogP contribution in [-0.2, 0) is 9.63 Å². The second-order valence-electron chi connectivity index (χ2n) is 3.39. The van der Waals surface area contributed by atoms with Gasteiger partial charge < -0.3 is 15.5 Å². The van der Waals surface area contributed by atoms with Crippen LogP contribution < -0.4 is 16.1 Å². The average Bonchev–Trinajstić information content (AvgIpc) is 2.30. The van der Waals surface area contributed by atoms with E-state index in [1.165, 1.54) is 0 Å². The summed E-state index contributed by atoms with van der Waals surface area (Å²) < 4.78 is 0. The van der Waals surface area contributed by atoms with E-state index in [2.05, 4.69) is 16.1 Å². The van der Waals surface area contributed by atoms with E-state index in [1.54, 1.807) is 6.20 Å². The molecule has 0 aromatic carbocycles. The maximum absolute atomic E-state index is 11.4. The Morgan fingerprint density at radius 3 is 3.12 bits per heavy atom. The second-order valence-corrected chi connectivity index (χ2v) is 3.39. The van der Waals surface area contributed by atoms with Crippen molar-refractivity contribution in [3.63, 3.8) is 0 Å². The van der Waals surface area contributed by atoms with Gasteiger partial charge in [-0.15, -0.1) is 0 Å². The van der Waals surface area contributed by atoms with Crippen LogP contribution in [0.4, 0.5) is 0 Å². The second kappa shape index (κ2) is 7.18. The molecule has 92 valence electrons. The van der Waals surface area contributed by atoms with Crippen molar-refractivity contribution in [2.24, 2.45) is 0 Å². The number of rotatable bonds is 6. The summed E-state index contributed by atoms with van der Waals surface area (Å²) in [5, 5.41) is 23.5. The quantitative estimate of drug-likeness (QED) is 0.333. The number of aliphatic hydroxyl groups is 2. The molecule has 7 heteroatoms. The van der Waals surface area contributed by atoms with Gasteiger partial charge in [-0.3, -0.25) is 14.9 Å². The lowest BCUT2D eigenvalue weighted by Crippen LogP contribution is -2.39. The van der Waals surface area contributed by atoms with Crippen molar-refractivity contribution < 1.29 is 19.8 Å². The van der Waals surface area contributed by atoms with Gasteiger partial charge in [0.05, 0.1) is 12.8 Å². The van der Waals surface area contributed by atoms with E-state index in [9.17, 15) is 9.90 Å². The van der Waals surface area contributed by atoms with Crippen LogP contribution in [0.1, 0.15) is 6.42 Å². The smallest absolute Gasteiger partial charge is 0.273 e. The Hall–Kier alpha value is -1.15. The van der Waals surface area contributed by atoms with Gasteiger partial charge in [-0.25, -0.2) is 5.48 Å². The summed E-state index contributed by atoms with van der Waals surface area (Å²) in [4.78, 5) is 16.2. The van der Waals surface area contributed by atoms with Crippen LogP contribution in [0.25, 0.3) is 0 Å². The first-order chi connectivity index (χ1) is 7.74. The van der Waals surface area contributed by atoms with Gasteiger partial charge in [0, 0.05) is 24.9 Å². The van der Waals surface area contributed by atoms with Gasteiger partial charge in [-0.2, -0.15) is 0 Å². The van der Waals surface area contributed by atoms with Crippen LogP contribution in [0, 0.1) is 0 Å². The number of carbonyl (C=O) groups excluding carboxylic acids is 1. The van der Waals surface area contributed by atoms with Gasteiger partial charge in [-0.1, -0.05) is 0 Å². The molecule has 0 aromatic rings. The topological polar surface area (TPSA) is 103 Å². The number of amides is 1. The zero-order valence-electron chi connectivity index (χ0n) is 8.90. The van der Waals surface area contributed by atoms with E-state index in [0.717, 1.165) is 0 Å². The first-order valence-corrected chi connectivity index (χ1v) is 5.08. The molecule has 16 heavy (non-hydrogen) atoms. The van der Waals surface area contributed by atoms with Crippen LogP contribution in [0.5, 0.6) is 0 Å². The molecule has 1 aliphatic rings. The van der Waals surface area contributed by atoms with Crippen molar-refractivity contribution >= 4 is 5.91 Å². The summed E-state index contributed by atoms with van der Waals surface area (Å²) in [5.41, 5.74) is 2.74. The first kappa shape index (κ1) is 12.9. The third-order valence-corrected chi connectivity index (χ3v) is 2.01. The molecule has 0 aromatic heterocycles. The molecule has 0 aliphatic carbocycles. The van der Waals surface area contributed by atoms with Crippen molar-refractivity contribution in [2.45, 2.75) is 12.5 Å². The Morgan fingerprint density at radius 1 is 1.69 bits per heavy atom. The Morgan fingerprint density at radius 2 is 2.50 bits per heavy atom. The molecule has 1 atom stereocenters. The zero-order chi connectivity index (χ0) is 11.8. The van der Waals surface area contributed by atoms with Gasteiger partial charge >= 0.3 is 0 Å². The van der Waals surface area contributed by atoms with Crippen molar-refractivity contribution in [2.75, 3.05) is 26.4 Å². The lowest BCUT2D eigenvalue weighted by Gasteiger charge is -2.15. The first-order valence-electron chi connectivity index (χ1n) is 5.08. The number of aliphatic hydroxyl groups excluding tert-OH is 2. The van der Waals surface area contributed by atoms with Crippen molar-refractivity contribution in [3.8, 4) is 0 Å². The number of hydrogen-bond donors (Lipinski definition) is 5. The minimum atomic E-state index is -0.776. The van der Waals surface area contributed by atoms with E-state index in [4.69, 9.17) is 9.94 Å². The van der Waals surface area contributed by atoms with Gasteiger partial charge in [0.25, 0.3) is 5.91 Å². The predicted octanol–water partition coefficient (Wildman–Crippen LogP) is -2.19. The largest absolute Gasteiger partial charge is 0.396 e. The van der Waals surface area contributed by atoms with E-state index < -0.39 is 6.10 Å². The maximum Gasteiger partial charge on any atom is 0.273 e. The van der Waals surface area contributed by atoms with Crippen LogP contribution in [-0.4, -0.2) is 48.7 Å². The highest BCUT2D eigenvalue weighted by Crippen LogP contribution is 1.95. The Kier molecular flexibility index (Phi) is 5.79. The normalized spacial score (nSPS) is 17.2. The average molecular weight is 231 g/mol. The zero-order valence-corrected chi connectivity index (χ0v) is 8.90. The number of hydroxylamine groups is 1. The van der Waals surface area contributed by atoms with Gasteiger partial charge in [0.1, 0.15) is 6.61 Å². The lowest BCUT2D eigenvalue weighted by atomic mass is 10.2. The van der Waals surface area contributed by atoms with E-state index in [1.807, 2.05) is 0 Å². The Balaban J connectivity index is 2.17. The third kappa shape index (κ3) is 4.58. The molecule has 1 rings (SSSR count). The fraction of sp³-hybridized carbons (Fsp3) is 0.667. The van der Waals surface area contributed by atoms with Gasteiger partial charge in [0.2, 0.25) is 0 Å². The molecule has 0 saturated heterocycles. The monoisotopic (exact) mass is 231 g/mol. The highest BCUT2D eigenvalue weighted by atomic mass is 16.7. The van der Waals surface area contributed by atoms with Crippen molar-refractivity contribution in [1.29, 1.82) is 0 Å².